The summed E-state index contributed by atoms with van der Waals surface area (Å²) in [6.07, 6.45) is 5.41. The summed E-state index contributed by atoms with van der Waals surface area (Å²) in [5.41, 5.74) is 1.75. The van der Waals surface area contributed by atoms with Gasteiger partial charge >= 0.3 is 6.03 Å². The average Bonchev–Trinajstić information content (AvgIpc) is 3.09. The van der Waals surface area contributed by atoms with Gasteiger partial charge in [-0.05, 0) is 63.9 Å². The third kappa shape index (κ3) is 5.22. The highest BCUT2D eigenvalue weighted by atomic mass is 16.2. The van der Waals surface area contributed by atoms with E-state index in [2.05, 4.69) is 24.3 Å². The molecule has 6 nitrogen and oxygen atoms in total. The number of benzene rings is 1. The Morgan fingerprint density at radius 1 is 0.963 bits per heavy atom. The Morgan fingerprint density at radius 2 is 1.63 bits per heavy atom. The van der Waals surface area contributed by atoms with Gasteiger partial charge < -0.3 is 20.0 Å². The van der Waals surface area contributed by atoms with Crippen molar-refractivity contribution in [2.24, 2.45) is 0 Å². The molecule has 148 valence electrons. The lowest BCUT2D eigenvalue weighted by Crippen LogP contribution is -2.40. The Balaban J connectivity index is 1.48. The molecule has 1 atom stereocenters. The fourth-order valence-corrected chi connectivity index (χ4v) is 3.96. The van der Waals surface area contributed by atoms with E-state index in [1.165, 1.54) is 0 Å². The summed E-state index contributed by atoms with van der Waals surface area (Å²) >= 11 is 0. The van der Waals surface area contributed by atoms with Gasteiger partial charge in [-0.3, -0.25) is 4.79 Å². The van der Waals surface area contributed by atoms with Crippen molar-refractivity contribution in [3.63, 3.8) is 0 Å². The number of carbonyl (C=O) groups is 2. The van der Waals surface area contributed by atoms with Gasteiger partial charge in [-0.15, -0.1) is 0 Å². The Labute approximate surface area is 162 Å². The summed E-state index contributed by atoms with van der Waals surface area (Å²) in [4.78, 5) is 31.0. The highest BCUT2D eigenvalue weighted by Crippen LogP contribution is 2.16. The molecule has 6 heteroatoms. The van der Waals surface area contributed by atoms with Crippen molar-refractivity contribution >= 4 is 11.9 Å². The van der Waals surface area contributed by atoms with Crippen LogP contribution in [0.25, 0.3) is 0 Å². The Morgan fingerprint density at radius 3 is 2.30 bits per heavy atom. The second-order valence-electron chi connectivity index (χ2n) is 7.89. The molecule has 0 aliphatic carbocycles. The topological polar surface area (TPSA) is 55.9 Å². The monoisotopic (exact) mass is 372 g/mol. The van der Waals surface area contributed by atoms with Gasteiger partial charge in [-0.25, -0.2) is 4.79 Å². The third-order valence-electron chi connectivity index (χ3n) is 5.75. The van der Waals surface area contributed by atoms with E-state index in [9.17, 15) is 9.59 Å². The number of carbonyl (C=O) groups excluding carboxylic acids is 2. The zero-order chi connectivity index (χ0) is 19.2. The number of hydrogen-bond acceptors (Lipinski definition) is 3. The van der Waals surface area contributed by atoms with Crippen molar-refractivity contribution in [2.45, 2.75) is 44.7 Å². The molecule has 0 saturated carbocycles. The zero-order valence-electron chi connectivity index (χ0n) is 16.6. The number of likely N-dealkylation sites (tertiary alicyclic amines) is 2. The molecular weight excluding hydrogens is 340 g/mol. The maximum Gasteiger partial charge on any atom is 0.317 e. The first-order valence-corrected chi connectivity index (χ1v) is 10.1. The molecule has 3 rings (SSSR count). The number of hydrogen-bond donors (Lipinski definition) is 1. The van der Waals surface area contributed by atoms with Crippen LogP contribution in [0, 0.1) is 0 Å². The van der Waals surface area contributed by atoms with Crippen molar-refractivity contribution < 1.29 is 9.59 Å². The highest BCUT2D eigenvalue weighted by Gasteiger charge is 2.22. The van der Waals surface area contributed by atoms with Crippen LogP contribution in [-0.4, -0.2) is 73.0 Å². The van der Waals surface area contributed by atoms with Crippen LogP contribution in [-0.2, 0) is 6.54 Å². The van der Waals surface area contributed by atoms with Crippen LogP contribution in [0.1, 0.15) is 48.0 Å². The van der Waals surface area contributed by atoms with Gasteiger partial charge in [-0.1, -0.05) is 12.1 Å². The molecule has 2 saturated heterocycles. The Bertz CT molecular complexity index is 638. The van der Waals surface area contributed by atoms with E-state index in [0.29, 0.717) is 12.6 Å². The molecule has 1 aromatic carbocycles. The van der Waals surface area contributed by atoms with Crippen LogP contribution in [0.3, 0.4) is 0 Å². The lowest BCUT2D eigenvalue weighted by atomic mass is 10.1. The molecule has 2 aliphatic heterocycles. The van der Waals surface area contributed by atoms with Gasteiger partial charge in [0.25, 0.3) is 5.91 Å². The number of urea groups is 1. The molecule has 2 fully saturated rings. The maximum atomic E-state index is 12.5. The van der Waals surface area contributed by atoms with E-state index >= 15 is 0 Å². The van der Waals surface area contributed by atoms with Crippen molar-refractivity contribution in [1.29, 1.82) is 0 Å². The minimum Gasteiger partial charge on any atom is -0.339 e. The quantitative estimate of drug-likeness (QED) is 0.884. The SMILES string of the molecule is CN(C)[C@@H]1CCCN(C(=O)NCc2ccc(C(=O)N3CCCC3)cc2)CC1. The summed E-state index contributed by atoms with van der Waals surface area (Å²) in [5, 5.41) is 3.02. The van der Waals surface area contributed by atoms with Crippen molar-refractivity contribution in [1.82, 2.24) is 20.0 Å². The van der Waals surface area contributed by atoms with Crippen molar-refractivity contribution in [3.8, 4) is 0 Å². The zero-order valence-corrected chi connectivity index (χ0v) is 16.6. The molecule has 2 heterocycles. The van der Waals surface area contributed by atoms with Gasteiger partial charge in [0.1, 0.15) is 0 Å². The molecule has 0 unspecified atom stereocenters. The second kappa shape index (κ2) is 9.22. The number of rotatable bonds is 4. The summed E-state index contributed by atoms with van der Waals surface area (Å²) in [6, 6.07) is 8.18. The van der Waals surface area contributed by atoms with Crippen LogP contribution in [0.5, 0.6) is 0 Å². The van der Waals surface area contributed by atoms with E-state index in [0.717, 1.165) is 69.4 Å². The Kier molecular flexibility index (Phi) is 6.72. The van der Waals surface area contributed by atoms with E-state index in [1.54, 1.807) is 0 Å². The van der Waals surface area contributed by atoms with Crippen molar-refractivity contribution in [2.75, 3.05) is 40.3 Å². The van der Waals surface area contributed by atoms with E-state index in [-0.39, 0.29) is 11.9 Å². The average molecular weight is 373 g/mol. The van der Waals surface area contributed by atoms with Gasteiger partial charge in [0.15, 0.2) is 0 Å². The van der Waals surface area contributed by atoms with Gasteiger partial charge in [0.2, 0.25) is 0 Å². The summed E-state index contributed by atoms with van der Waals surface area (Å²) in [7, 11) is 4.22. The first kappa shape index (κ1) is 19.7. The summed E-state index contributed by atoms with van der Waals surface area (Å²) < 4.78 is 0. The first-order valence-electron chi connectivity index (χ1n) is 10.1. The van der Waals surface area contributed by atoms with Crippen LogP contribution in [0.4, 0.5) is 4.79 Å². The minimum absolute atomic E-state index is 0.00613. The fourth-order valence-electron chi connectivity index (χ4n) is 3.96. The number of nitrogens with zero attached hydrogens (tertiary/aromatic N) is 3. The lowest BCUT2D eigenvalue weighted by molar-refractivity contribution is 0.0792. The third-order valence-corrected chi connectivity index (χ3v) is 5.75. The molecule has 3 amide bonds. The predicted molar refractivity (Wildman–Crippen MR) is 107 cm³/mol. The molecule has 1 aromatic rings. The van der Waals surface area contributed by atoms with Crippen LogP contribution in [0.15, 0.2) is 24.3 Å². The first-order chi connectivity index (χ1) is 13.0. The molecule has 0 spiro atoms. The van der Waals surface area contributed by atoms with Gasteiger partial charge in [0.05, 0.1) is 0 Å². The molecule has 0 bridgehead atoms. The van der Waals surface area contributed by atoms with E-state index < -0.39 is 0 Å². The molecule has 1 N–H and O–H groups in total. The predicted octanol–water partition coefficient (Wildman–Crippen LogP) is 2.55. The Hall–Kier alpha value is -2.08. The molecule has 0 radical (unpaired) electrons. The van der Waals surface area contributed by atoms with Crippen LogP contribution >= 0.6 is 0 Å². The molecular formula is C21H32N4O2. The lowest BCUT2D eigenvalue weighted by Gasteiger charge is -2.23. The minimum atomic E-state index is 0.00613. The fraction of sp³-hybridized carbons (Fsp3) is 0.619. The van der Waals surface area contributed by atoms with Crippen LogP contribution < -0.4 is 5.32 Å². The van der Waals surface area contributed by atoms with Crippen molar-refractivity contribution in [3.05, 3.63) is 35.4 Å². The summed E-state index contributed by atoms with van der Waals surface area (Å²) in [6.45, 7) is 3.84. The normalized spacial score (nSPS) is 20.6. The number of amides is 3. The smallest absolute Gasteiger partial charge is 0.317 e. The van der Waals surface area contributed by atoms with Gasteiger partial charge in [-0.2, -0.15) is 0 Å². The largest absolute Gasteiger partial charge is 0.339 e. The second-order valence-corrected chi connectivity index (χ2v) is 7.89. The molecule has 0 aromatic heterocycles. The molecule has 27 heavy (non-hydrogen) atoms. The standard InChI is InChI=1S/C21H32N4O2/c1-23(2)19-6-5-14-25(15-11-19)21(27)22-16-17-7-9-18(10-8-17)20(26)24-12-3-4-13-24/h7-10,19H,3-6,11-16H2,1-2H3,(H,22,27)/t19-/m1/s1. The van der Waals surface area contributed by atoms with Gasteiger partial charge in [0, 0.05) is 44.3 Å². The van der Waals surface area contributed by atoms with E-state index in [4.69, 9.17) is 0 Å². The highest BCUT2D eigenvalue weighted by molar-refractivity contribution is 5.94. The number of nitrogens with one attached hydrogen (secondary N) is 1. The van der Waals surface area contributed by atoms with E-state index in [1.807, 2.05) is 34.1 Å². The maximum absolute atomic E-state index is 12.5. The summed E-state index contributed by atoms with van der Waals surface area (Å²) in [5.74, 6) is 0.114. The molecule has 2 aliphatic rings. The van der Waals surface area contributed by atoms with Crippen LogP contribution in [0.2, 0.25) is 0 Å².